The van der Waals surface area contributed by atoms with Gasteiger partial charge in [0.15, 0.2) is 11.5 Å². The van der Waals surface area contributed by atoms with Crippen molar-refractivity contribution >= 4 is 5.91 Å². The molecular weight excluding hydrogens is 386 g/mol. The Bertz CT molecular complexity index is 669. The molecule has 8 nitrogen and oxygen atoms in total. The summed E-state index contributed by atoms with van der Waals surface area (Å²) in [7, 11) is 3.08. The van der Waals surface area contributed by atoms with Gasteiger partial charge in [0.2, 0.25) is 0 Å². The Balaban J connectivity index is 1.70. The smallest absolute Gasteiger partial charge is 0.255 e. The van der Waals surface area contributed by atoms with E-state index in [-0.39, 0.29) is 11.5 Å². The zero-order valence-electron chi connectivity index (χ0n) is 18.9. The Hall–Kier alpha value is -1.87. The van der Waals surface area contributed by atoms with E-state index in [1.54, 1.807) is 25.3 Å². The molecule has 1 saturated heterocycles. The van der Waals surface area contributed by atoms with Gasteiger partial charge < -0.3 is 24.6 Å². The second kappa shape index (κ2) is 11.5. The summed E-state index contributed by atoms with van der Waals surface area (Å²) in [4.78, 5) is 17.1. The van der Waals surface area contributed by atoms with Gasteiger partial charge in [0.1, 0.15) is 0 Å². The topological polar surface area (TPSA) is 83.5 Å². The van der Waals surface area contributed by atoms with E-state index in [4.69, 9.17) is 14.2 Å². The van der Waals surface area contributed by atoms with E-state index >= 15 is 0 Å². The first-order valence-corrected chi connectivity index (χ1v) is 10.5. The minimum absolute atomic E-state index is 0.175. The summed E-state index contributed by atoms with van der Waals surface area (Å²) in [5, 5.41) is 13.1. The minimum Gasteiger partial charge on any atom is -0.493 e. The number of methoxy groups -OCH3 is 2. The molecule has 2 rings (SSSR count). The molecule has 30 heavy (non-hydrogen) atoms. The summed E-state index contributed by atoms with van der Waals surface area (Å²) in [6.45, 7) is 11.9. The normalized spacial score (nSPS) is 16.9. The lowest BCUT2D eigenvalue weighted by molar-refractivity contribution is -0.0585. The summed E-state index contributed by atoms with van der Waals surface area (Å²) < 4.78 is 16.2. The Morgan fingerprint density at radius 3 is 2.40 bits per heavy atom. The zero-order chi connectivity index (χ0) is 22.1. The number of ether oxygens (including phenoxy) is 3. The highest BCUT2D eigenvalue weighted by Gasteiger charge is 2.21. The quantitative estimate of drug-likeness (QED) is 0.586. The zero-order valence-corrected chi connectivity index (χ0v) is 18.9. The van der Waals surface area contributed by atoms with Crippen LogP contribution in [0.15, 0.2) is 18.2 Å². The van der Waals surface area contributed by atoms with Crippen molar-refractivity contribution < 1.29 is 24.1 Å². The van der Waals surface area contributed by atoms with Crippen molar-refractivity contribution in [2.75, 3.05) is 66.6 Å². The van der Waals surface area contributed by atoms with E-state index in [2.05, 4.69) is 15.1 Å². The van der Waals surface area contributed by atoms with Gasteiger partial charge in [-0.15, -0.1) is 0 Å². The second-order valence-corrected chi connectivity index (χ2v) is 8.52. The van der Waals surface area contributed by atoms with Crippen molar-refractivity contribution in [3.63, 3.8) is 0 Å². The molecule has 1 aromatic carbocycles. The maximum Gasteiger partial charge on any atom is 0.255 e. The highest BCUT2D eigenvalue weighted by molar-refractivity contribution is 5.97. The monoisotopic (exact) mass is 423 g/mol. The number of carbonyl (C=O) groups is 1. The molecule has 1 aliphatic rings. The van der Waals surface area contributed by atoms with Crippen molar-refractivity contribution in [2.24, 2.45) is 0 Å². The van der Waals surface area contributed by atoms with Crippen LogP contribution in [0.25, 0.3) is 0 Å². The number of piperazine rings is 1. The molecule has 8 heteroatoms. The van der Waals surface area contributed by atoms with E-state index in [0.29, 0.717) is 36.8 Å². The molecule has 0 spiro atoms. The molecule has 0 bridgehead atoms. The Kier molecular flexibility index (Phi) is 9.36. The molecule has 0 radical (unpaired) electrons. The fourth-order valence-corrected chi connectivity index (χ4v) is 3.38. The maximum absolute atomic E-state index is 12.5. The van der Waals surface area contributed by atoms with Gasteiger partial charge in [-0.25, -0.2) is 0 Å². The number of hydrogen-bond donors (Lipinski definition) is 2. The van der Waals surface area contributed by atoms with E-state index < -0.39 is 6.10 Å². The fraction of sp³-hybridized carbons (Fsp3) is 0.682. The first-order chi connectivity index (χ1) is 14.2. The molecule has 1 aliphatic heterocycles. The molecular formula is C22H37N3O5. The number of carbonyl (C=O) groups excluding carboxylic acids is 1. The average Bonchev–Trinajstić information content (AvgIpc) is 2.72. The van der Waals surface area contributed by atoms with Gasteiger partial charge in [0, 0.05) is 45.8 Å². The number of nitrogens with one attached hydrogen (secondary N) is 1. The molecule has 0 saturated carbocycles. The number of rotatable bonds is 10. The lowest BCUT2D eigenvalue weighted by atomic mass is 10.1. The predicted octanol–water partition coefficient (Wildman–Crippen LogP) is 1.23. The predicted molar refractivity (Wildman–Crippen MR) is 116 cm³/mol. The van der Waals surface area contributed by atoms with Gasteiger partial charge in [-0.05, 0) is 32.9 Å². The third kappa shape index (κ3) is 7.75. The van der Waals surface area contributed by atoms with Crippen molar-refractivity contribution in [1.29, 1.82) is 0 Å². The number of aliphatic hydroxyl groups excluding tert-OH is 1. The van der Waals surface area contributed by atoms with E-state index in [1.807, 2.05) is 20.8 Å². The standard InChI is InChI=1S/C22H37N3O5/c1-22(2,3)30-16-17(26)15-25-13-11-24(12-14-25)10-9-23-21(27)18-7-6-8-19(28-4)20(18)29-5/h6-8,17,26H,9-16H2,1-5H3,(H,23,27). The van der Waals surface area contributed by atoms with Gasteiger partial charge in [0.05, 0.1) is 38.1 Å². The summed E-state index contributed by atoms with van der Waals surface area (Å²) in [5.41, 5.74) is 0.229. The number of nitrogens with zero attached hydrogens (tertiary/aromatic N) is 2. The van der Waals surface area contributed by atoms with Crippen molar-refractivity contribution in [2.45, 2.75) is 32.5 Å². The summed E-state index contributed by atoms with van der Waals surface area (Å²) in [6.07, 6.45) is -0.479. The van der Waals surface area contributed by atoms with Gasteiger partial charge in [-0.3, -0.25) is 14.6 Å². The number of benzene rings is 1. The van der Waals surface area contributed by atoms with Crippen LogP contribution in [-0.2, 0) is 4.74 Å². The van der Waals surface area contributed by atoms with Crippen LogP contribution in [0, 0.1) is 0 Å². The van der Waals surface area contributed by atoms with Crippen LogP contribution in [0.4, 0.5) is 0 Å². The summed E-state index contributed by atoms with van der Waals surface area (Å²) in [5.74, 6) is 0.808. The molecule has 2 N–H and O–H groups in total. The Morgan fingerprint density at radius 2 is 1.80 bits per heavy atom. The van der Waals surface area contributed by atoms with Crippen LogP contribution in [0.2, 0.25) is 0 Å². The SMILES string of the molecule is COc1cccc(C(=O)NCCN2CCN(CC(O)COC(C)(C)C)CC2)c1OC. The van der Waals surface area contributed by atoms with Crippen LogP contribution in [0.3, 0.4) is 0 Å². The van der Waals surface area contributed by atoms with E-state index in [0.717, 1.165) is 32.7 Å². The van der Waals surface area contributed by atoms with Crippen molar-refractivity contribution in [3.05, 3.63) is 23.8 Å². The third-order valence-corrected chi connectivity index (χ3v) is 5.00. The molecule has 1 atom stereocenters. The molecule has 0 aromatic heterocycles. The van der Waals surface area contributed by atoms with Gasteiger partial charge in [-0.1, -0.05) is 6.07 Å². The average molecular weight is 424 g/mol. The Morgan fingerprint density at radius 1 is 1.13 bits per heavy atom. The van der Waals surface area contributed by atoms with E-state index in [1.165, 1.54) is 7.11 Å². The largest absolute Gasteiger partial charge is 0.493 e. The molecule has 1 unspecified atom stereocenters. The van der Waals surface area contributed by atoms with Crippen LogP contribution in [0.1, 0.15) is 31.1 Å². The number of aliphatic hydroxyl groups is 1. The lowest BCUT2D eigenvalue weighted by Gasteiger charge is -2.35. The number of hydrogen-bond acceptors (Lipinski definition) is 7. The molecule has 0 aliphatic carbocycles. The Labute approximate surface area is 180 Å². The molecule has 1 fully saturated rings. The number of para-hydroxylation sites is 1. The fourth-order valence-electron chi connectivity index (χ4n) is 3.38. The summed E-state index contributed by atoms with van der Waals surface area (Å²) in [6, 6.07) is 5.27. The van der Waals surface area contributed by atoms with Gasteiger partial charge in [0.25, 0.3) is 5.91 Å². The second-order valence-electron chi connectivity index (χ2n) is 8.52. The summed E-state index contributed by atoms with van der Waals surface area (Å²) >= 11 is 0. The van der Waals surface area contributed by atoms with E-state index in [9.17, 15) is 9.90 Å². The lowest BCUT2D eigenvalue weighted by Crippen LogP contribution is -2.50. The molecule has 1 heterocycles. The van der Waals surface area contributed by atoms with Crippen LogP contribution < -0.4 is 14.8 Å². The highest BCUT2D eigenvalue weighted by atomic mass is 16.5. The number of amides is 1. The highest BCUT2D eigenvalue weighted by Crippen LogP contribution is 2.30. The van der Waals surface area contributed by atoms with Crippen LogP contribution in [-0.4, -0.2) is 99.2 Å². The van der Waals surface area contributed by atoms with Crippen molar-refractivity contribution in [1.82, 2.24) is 15.1 Å². The van der Waals surface area contributed by atoms with Crippen molar-refractivity contribution in [3.8, 4) is 11.5 Å². The van der Waals surface area contributed by atoms with Crippen LogP contribution >= 0.6 is 0 Å². The maximum atomic E-state index is 12.5. The first-order valence-electron chi connectivity index (χ1n) is 10.5. The first kappa shape index (κ1) is 24.4. The minimum atomic E-state index is -0.479. The van der Waals surface area contributed by atoms with Gasteiger partial charge >= 0.3 is 0 Å². The van der Waals surface area contributed by atoms with Crippen LogP contribution in [0.5, 0.6) is 11.5 Å². The molecule has 170 valence electrons. The van der Waals surface area contributed by atoms with Gasteiger partial charge in [-0.2, -0.15) is 0 Å². The molecule has 1 amide bonds. The third-order valence-electron chi connectivity index (χ3n) is 5.00. The number of β-amino-alcohol motifs (C(OH)–C–C–N with tert-alkyl or cyclic N) is 1. The molecule has 1 aromatic rings.